The fraction of sp³-hybridized carbons (Fsp3) is 0.133. The van der Waals surface area contributed by atoms with Crippen molar-refractivity contribution in [3.63, 3.8) is 0 Å². The van der Waals surface area contributed by atoms with Gasteiger partial charge < -0.3 is 4.74 Å². The zero-order chi connectivity index (χ0) is 13.8. The molecule has 0 fully saturated rings. The van der Waals surface area contributed by atoms with Crippen molar-refractivity contribution in [1.29, 1.82) is 0 Å². The lowest BCUT2D eigenvalue weighted by Crippen LogP contribution is -2.04. The summed E-state index contributed by atoms with van der Waals surface area (Å²) >= 11 is 9.28. The Morgan fingerprint density at radius 1 is 1.26 bits per heavy atom. The molecule has 0 aliphatic carbocycles. The largest absolute Gasteiger partial charge is 0.485 e. The van der Waals surface area contributed by atoms with Crippen LogP contribution in [0.25, 0.3) is 0 Å². The highest BCUT2D eigenvalue weighted by Gasteiger charge is 2.12. The summed E-state index contributed by atoms with van der Waals surface area (Å²) in [5, 5.41) is 0.488. The molecule has 4 heteroatoms. The second-order valence-corrected chi connectivity index (χ2v) is 5.35. The molecule has 2 aromatic rings. The van der Waals surface area contributed by atoms with Crippen molar-refractivity contribution < 1.29 is 9.53 Å². The molecule has 0 radical (unpaired) electrons. The Labute approximate surface area is 125 Å². The van der Waals surface area contributed by atoms with Crippen molar-refractivity contribution in [1.82, 2.24) is 0 Å². The minimum absolute atomic E-state index is 0.145. The Kier molecular flexibility index (Phi) is 4.61. The van der Waals surface area contributed by atoms with E-state index in [1.54, 1.807) is 12.1 Å². The van der Waals surface area contributed by atoms with E-state index in [4.69, 9.17) is 16.3 Å². The standard InChI is InChI=1S/C15H12BrClO2/c1-10(11-5-3-2-4-6-11)19-15-8-13(16)14(17)7-12(15)9-18/h2-10H,1H3. The van der Waals surface area contributed by atoms with Gasteiger partial charge in [0.15, 0.2) is 6.29 Å². The maximum Gasteiger partial charge on any atom is 0.153 e. The number of hydrogen-bond donors (Lipinski definition) is 0. The Morgan fingerprint density at radius 3 is 2.58 bits per heavy atom. The summed E-state index contributed by atoms with van der Waals surface area (Å²) in [7, 11) is 0. The molecule has 0 heterocycles. The van der Waals surface area contributed by atoms with Gasteiger partial charge in [-0.25, -0.2) is 0 Å². The Hall–Kier alpha value is -1.32. The van der Waals surface area contributed by atoms with E-state index in [-0.39, 0.29) is 6.10 Å². The lowest BCUT2D eigenvalue weighted by molar-refractivity contribution is 0.111. The first-order chi connectivity index (χ1) is 9.11. The van der Waals surface area contributed by atoms with Gasteiger partial charge >= 0.3 is 0 Å². The van der Waals surface area contributed by atoms with E-state index in [9.17, 15) is 4.79 Å². The van der Waals surface area contributed by atoms with E-state index in [2.05, 4.69) is 15.9 Å². The Morgan fingerprint density at radius 2 is 1.95 bits per heavy atom. The third-order valence-corrected chi connectivity index (χ3v) is 3.95. The van der Waals surface area contributed by atoms with Crippen LogP contribution in [0, 0.1) is 0 Å². The van der Waals surface area contributed by atoms with E-state index in [0.29, 0.717) is 20.8 Å². The topological polar surface area (TPSA) is 26.3 Å². The quantitative estimate of drug-likeness (QED) is 0.728. The van der Waals surface area contributed by atoms with Crippen LogP contribution in [-0.2, 0) is 0 Å². The summed E-state index contributed by atoms with van der Waals surface area (Å²) in [5.74, 6) is 0.516. The van der Waals surface area contributed by atoms with Gasteiger partial charge in [-0.05, 0) is 40.5 Å². The Balaban J connectivity index is 2.28. The summed E-state index contributed by atoms with van der Waals surface area (Å²) < 4.78 is 6.54. The molecule has 2 rings (SSSR count). The molecule has 98 valence electrons. The van der Waals surface area contributed by atoms with Gasteiger partial charge in [-0.2, -0.15) is 0 Å². The molecule has 2 nitrogen and oxygen atoms in total. The molecule has 0 aliphatic heterocycles. The molecule has 0 saturated heterocycles. The number of halogens is 2. The fourth-order valence-corrected chi connectivity index (χ4v) is 2.22. The lowest BCUT2D eigenvalue weighted by atomic mass is 10.1. The van der Waals surface area contributed by atoms with E-state index in [1.165, 1.54) is 0 Å². The average Bonchev–Trinajstić information content (AvgIpc) is 2.43. The number of carbonyl (C=O) groups is 1. The molecule has 0 spiro atoms. The molecule has 1 unspecified atom stereocenters. The van der Waals surface area contributed by atoms with Crippen molar-refractivity contribution in [3.8, 4) is 5.75 Å². The minimum atomic E-state index is -0.145. The highest BCUT2D eigenvalue weighted by Crippen LogP contribution is 2.32. The number of rotatable bonds is 4. The third kappa shape index (κ3) is 3.37. The zero-order valence-electron chi connectivity index (χ0n) is 10.3. The van der Waals surface area contributed by atoms with Gasteiger partial charge in [0, 0.05) is 4.47 Å². The summed E-state index contributed by atoms with van der Waals surface area (Å²) in [4.78, 5) is 11.1. The predicted octanol–water partition coefficient (Wildman–Crippen LogP) is 5.06. The van der Waals surface area contributed by atoms with E-state index >= 15 is 0 Å². The molecule has 0 bridgehead atoms. The van der Waals surface area contributed by atoms with Crippen LogP contribution in [0.15, 0.2) is 46.9 Å². The van der Waals surface area contributed by atoms with Crippen LogP contribution >= 0.6 is 27.5 Å². The highest BCUT2D eigenvalue weighted by atomic mass is 79.9. The van der Waals surface area contributed by atoms with E-state index < -0.39 is 0 Å². The first kappa shape index (κ1) is 14.1. The average molecular weight is 340 g/mol. The SMILES string of the molecule is CC(Oc1cc(Br)c(Cl)cc1C=O)c1ccccc1. The van der Waals surface area contributed by atoms with Crippen molar-refractivity contribution in [2.45, 2.75) is 13.0 Å². The molecule has 0 aliphatic rings. The van der Waals surface area contributed by atoms with Gasteiger partial charge in [0.05, 0.1) is 10.6 Å². The van der Waals surface area contributed by atoms with Crippen LogP contribution in [0.3, 0.4) is 0 Å². The molecule has 19 heavy (non-hydrogen) atoms. The van der Waals surface area contributed by atoms with Gasteiger partial charge in [-0.3, -0.25) is 4.79 Å². The van der Waals surface area contributed by atoms with Gasteiger partial charge in [0.1, 0.15) is 11.9 Å². The minimum Gasteiger partial charge on any atom is -0.485 e. The highest BCUT2D eigenvalue weighted by molar-refractivity contribution is 9.10. The summed E-state index contributed by atoms with van der Waals surface area (Å²) in [6, 6.07) is 13.1. The van der Waals surface area contributed by atoms with Gasteiger partial charge in [0.25, 0.3) is 0 Å². The van der Waals surface area contributed by atoms with Crippen LogP contribution in [0.5, 0.6) is 5.75 Å². The fourth-order valence-electron chi connectivity index (χ4n) is 1.72. The zero-order valence-corrected chi connectivity index (χ0v) is 12.6. The third-order valence-electron chi connectivity index (χ3n) is 2.75. The number of ether oxygens (including phenoxy) is 1. The first-order valence-electron chi connectivity index (χ1n) is 5.77. The maximum absolute atomic E-state index is 11.1. The van der Waals surface area contributed by atoms with E-state index in [0.717, 1.165) is 11.8 Å². The summed E-state index contributed by atoms with van der Waals surface area (Å²) in [5.41, 5.74) is 1.49. The molecular weight excluding hydrogens is 328 g/mol. The van der Waals surface area contributed by atoms with Crippen molar-refractivity contribution in [3.05, 3.63) is 63.1 Å². The second kappa shape index (κ2) is 6.22. The number of benzene rings is 2. The van der Waals surface area contributed by atoms with Crippen LogP contribution in [0.4, 0.5) is 0 Å². The van der Waals surface area contributed by atoms with Crippen molar-refractivity contribution in [2.75, 3.05) is 0 Å². The molecule has 2 aromatic carbocycles. The number of aldehydes is 1. The Bertz CT molecular complexity index is 584. The smallest absolute Gasteiger partial charge is 0.153 e. The van der Waals surface area contributed by atoms with Crippen LogP contribution in [0.1, 0.15) is 28.9 Å². The summed E-state index contributed by atoms with van der Waals surface area (Å²) in [6.45, 7) is 1.94. The number of hydrogen-bond acceptors (Lipinski definition) is 2. The predicted molar refractivity (Wildman–Crippen MR) is 80.0 cm³/mol. The molecule has 1 atom stereocenters. The van der Waals surface area contributed by atoms with Gasteiger partial charge in [-0.15, -0.1) is 0 Å². The normalized spacial score (nSPS) is 11.9. The molecular formula is C15H12BrClO2. The van der Waals surface area contributed by atoms with E-state index in [1.807, 2.05) is 37.3 Å². The monoisotopic (exact) mass is 338 g/mol. The van der Waals surface area contributed by atoms with Crippen molar-refractivity contribution in [2.24, 2.45) is 0 Å². The lowest BCUT2D eigenvalue weighted by Gasteiger charge is -2.17. The second-order valence-electron chi connectivity index (χ2n) is 4.09. The number of carbonyl (C=O) groups excluding carboxylic acids is 1. The maximum atomic E-state index is 11.1. The van der Waals surface area contributed by atoms with Gasteiger partial charge in [0.2, 0.25) is 0 Å². The van der Waals surface area contributed by atoms with Crippen LogP contribution in [-0.4, -0.2) is 6.29 Å². The van der Waals surface area contributed by atoms with Crippen LogP contribution < -0.4 is 4.74 Å². The molecule has 0 amide bonds. The van der Waals surface area contributed by atoms with Crippen LogP contribution in [0.2, 0.25) is 5.02 Å². The van der Waals surface area contributed by atoms with Crippen molar-refractivity contribution >= 4 is 33.8 Å². The van der Waals surface area contributed by atoms with Gasteiger partial charge in [-0.1, -0.05) is 41.9 Å². The molecule has 0 N–H and O–H groups in total. The summed E-state index contributed by atoms with van der Waals surface area (Å²) in [6.07, 6.45) is 0.596. The first-order valence-corrected chi connectivity index (χ1v) is 6.94. The molecule has 0 aromatic heterocycles. The molecule has 0 saturated carbocycles.